The topological polar surface area (TPSA) is 21.3 Å². The molecule has 0 heterocycles. The zero-order valence-corrected chi connectivity index (χ0v) is 12.4. The van der Waals surface area contributed by atoms with Crippen molar-refractivity contribution in [1.82, 2.24) is 5.32 Å². The fraction of sp³-hybridized carbons (Fsp3) is 0.294. The average molecular weight is 290 g/mol. The van der Waals surface area contributed by atoms with Crippen LogP contribution in [0.2, 0.25) is 5.02 Å². The Hall–Kier alpha value is -1.35. The molecule has 2 aromatic rings. The van der Waals surface area contributed by atoms with Gasteiger partial charge in [-0.05, 0) is 24.2 Å². The van der Waals surface area contributed by atoms with E-state index in [4.69, 9.17) is 16.3 Å². The highest BCUT2D eigenvalue weighted by molar-refractivity contribution is 6.31. The first-order chi connectivity index (χ1) is 9.81. The summed E-state index contributed by atoms with van der Waals surface area (Å²) in [7, 11) is 1.95. The minimum Gasteiger partial charge on any atom is -0.376 e. The second-order valence-electron chi connectivity index (χ2n) is 4.78. The number of nitrogens with one attached hydrogen (secondary N) is 1. The van der Waals surface area contributed by atoms with Crippen molar-refractivity contribution < 1.29 is 4.74 Å². The van der Waals surface area contributed by atoms with Gasteiger partial charge in [-0.2, -0.15) is 0 Å². The number of rotatable bonds is 7. The average Bonchev–Trinajstić information content (AvgIpc) is 2.48. The molecule has 106 valence electrons. The van der Waals surface area contributed by atoms with Gasteiger partial charge in [0.25, 0.3) is 0 Å². The minimum atomic E-state index is 0.261. The predicted molar refractivity (Wildman–Crippen MR) is 84.2 cm³/mol. The second-order valence-corrected chi connectivity index (χ2v) is 5.18. The fourth-order valence-corrected chi connectivity index (χ4v) is 2.49. The summed E-state index contributed by atoms with van der Waals surface area (Å²) in [5, 5.41) is 4.01. The fourth-order valence-electron chi connectivity index (χ4n) is 2.20. The molecule has 2 aromatic carbocycles. The number of hydrogen-bond acceptors (Lipinski definition) is 2. The van der Waals surface area contributed by atoms with Crippen molar-refractivity contribution in [3.63, 3.8) is 0 Å². The zero-order valence-electron chi connectivity index (χ0n) is 11.7. The van der Waals surface area contributed by atoms with Gasteiger partial charge < -0.3 is 10.1 Å². The third kappa shape index (κ3) is 4.34. The maximum atomic E-state index is 6.27. The van der Waals surface area contributed by atoms with E-state index >= 15 is 0 Å². The largest absolute Gasteiger partial charge is 0.376 e. The van der Waals surface area contributed by atoms with Crippen LogP contribution in [0.15, 0.2) is 54.6 Å². The highest BCUT2D eigenvalue weighted by atomic mass is 35.5. The lowest BCUT2D eigenvalue weighted by molar-refractivity contribution is 0.107. The quantitative estimate of drug-likeness (QED) is 0.836. The summed E-state index contributed by atoms with van der Waals surface area (Å²) in [6.45, 7) is 2.13. The van der Waals surface area contributed by atoms with Gasteiger partial charge in [-0.25, -0.2) is 0 Å². The molecule has 0 amide bonds. The summed E-state index contributed by atoms with van der Waals surface area (Å²) in [5.41, 5.74) is 2.33. The molecule has 0 aliphatic rings. The Morgan fingerprint density at radius 2 is 1.75 bits per heavy atom. The van der Waals surface area contributed by atoms with E-state index in [9.17, 15) is 0 Å². The maximum absolute atomic E-state index is 6.27. The molecule has 0 fully saturated rings. The van der Waals surface area contributed by atoms with E-state index in [1.165, 1.54) is 5.56 Å². The molecule has 20 heavy (non-hydrogen) atoms. The van der Waals surface area contributed by atoms with Gasteiger partial charge in [0.1, 0.15) is 0 Å². The van der Waals surface area contributed by atoms with E-state index in [0.29, 0.717) is 13.2 Å². The lowest BCUT2D eigenvalue weighted by atomic mass is 10.00. The van der Waals surface area contributed by atoms with Gasteiger partial charge in [0.05, 0.1) is 13.2 Å². The summed E-state index contributed by atoms with van der Waals surface area (Å²) in [6, 6.07) is 18.2. The van der Waals surface area contributed by atoms with Crippen LogP contribution in [0.3, 0.4) is 0 Å². The van der Waals surface area contributed by atoms with E-state index in [1.807, 2.05) is 43.4 Å². The van der Waals surface area contributed by atoms with Gasteiger partial charge in [-0.1, -0.05) is 60.1 Å². The van der Waals surface area contributed by atoms with E-state index in [1.54, 1.807) is 0 Å². The van der Waals surface area contributed by atoms with Crippen LogP contribution in [0.25, 0.3) is 0 Å². The van der Waals surface area contributed by atoms with Crippen LogP contribution in [-0.4, -0.2) is 20.2 Å². The van der Waals surface area contributed by atoms with Crippen LogP contribution < -0.4 is 5.32 Å². The van der Waals surface area contributed by atoms with Crippen molar-refractivity contribution in [1.29, 1.82) is 0 Å². The third-order valence-electron chi connectivity index (χ3n) is 3.23. The number of likely N-dealkylation sites (N-methyl/N-ethyl adjacent to an activating group) is 1. The molecular formula is C17H20ClNO. The van der Waals surface area contributed by atoms with Crippen LogP contribution in [0.1, 0.15) is 17.0 Å². The first-order valence-electron chi connectivity index (χ1n) is 6.82. The van der Waals surface area contributed by atoms with E-state index in [2.05, 4.69) is 23.5 Å². The molecule has 0 bridgehead atoms. The van der Waals surface area contributed by atoms with Crippen LogP contribution >= 0.6 is 11.6 Å². The number of hydrogen-bond donors (Lipinski definition) is 1. The molecule has 0 radical (unpaired) electrons. The van der Waals surface area contributed by atoms with Gasteiger partial charge in [0.2, 0.25) is 0 Å². The molecule has 3 heteroatoms. The van der Waals surface area contributed by atoms with E-state index in [-0.39, 0.29) is 5.92 Å². The highest BCUT2D eigenvalue weighted by Crippen LogP contribution is 2.24. The predicted octanol–water partition coefficient (Wildman–Crippen LogP) is 3.86. The van der Waals surface area contributed by atoms with Crippen molar-refractivity contribution in [2.75, 3.05) is 20.2 Å². The van der Waals surface area contributed by atoms with Crippen molar-refractivity contribution in [3.8, 4) is 0 Å². The Morgan fingerprint density at radius 1 is 1.05 bits per heavy atom. The third-order valence-corrected chi connectivity index (χ3v) is 3.57. The number of benzene rings is 2. The van der Waals surface area contributed by atoms with Gasteiger partial charge in [0.15, 0.2) is 0 Å². The summed E-state index contributed by atoms with van der Waals surface area (Å²) < 4.78 is 5.85. The molecule has 0 aromatic heterocycles. The lowest BCUT2D eigenvalue weighted by Gasteiger charge is -2.18. The second kappa shape index (κ2) is 8.05. The zero-order chi connectivity index (χ0) is 14.2. The van der Waals surface area contributed by atoms with Crippen molar-refractivity contribution in [2.45, 2.75) is 12.5 Å². The monoisotopic (exact) mass is 289 g/mol. The Morgan fingerprint density at radius 3 is 2.45 bits per heavy atom. The molecule has 0 spiro atoms. The summed E-state index contributed by atoms with van der Waals surface area (Å²) in [4.78, 5) is 0. The first kappa shape index (κ1) is 15.0. The SMILES string of the molecule is CNCC(COCc1ccccc1)c1ccccc1Cl. The normalized spacial score (nSPS) is 12.3. The van der Waals surface area contributed by atoms with E-state index < -0.39 is 0 Å². The van der Waals surface area contributed by atoms with Gasteiger partial charge >= 0.3 is 0 Å². The number of ether oxygens (including phenoxy) is 1. The van der Waals surface area contributed by atoms with E-state index in [0.717, 1.165) is 17.1 Å². The Bertz CT molecular complexity index is 515. The molecule has 0 aliphatic carbocycles. The van der Waals surface area contributed by atoms with Crippen molar-refractivity contribution in [2.24, 2.45) is 0 Å². The summed E-state index contributed by atoms with van der Waals surface area (Å²) in [6.07, 6.45) is 0. The molecule has 2 rings (SSSR count). The molecule has 1 unspecified atom stereocenters. The smallest absolute Gasteiger partial charge is 0.0717 e. The van der Waals surface area contributed by atoms with Crippen LogP contribution in [0.4, 0.5) is 0 Å². The van der Waals surface area contributed by atoms with Crippen molar-refractivity contribution >= 4 is 11.6 Å². The Balaban J connectivity index is 1.95. The maximum Gasteiger partial charge on any atom is 0.0717 e. The Labute approximate surface area is 125 Å². The Kier molecular flexibility index (Phi) is 6.06. The summed E-state index contributed by atoms with van der Waals surface area (Å²) in [5.74, 6) is 0.261. The first-order valence-corrected chi connectivity index (χ1v) is 7.19. The molecule has 2 nitrogen and oxygen atoms in total. The van der Waals surface area contributed by atoms with Crippen LogP contribution in [0, 0.1) is 0 Å². The molecule has 1 atom stereocenters. The lowest BCUT2D eigenvalue weighted by Crippen LogP contribution is -2.21. The summed E-state index contributed by atoms with van der Waals surface area (Å²) >= 11 is 6.27. The molecular weight excluding hydrogens is 270 g/mol. The molecule has 0 saturated heterocycles. The molecule has 1 N–H and O–H groups in total. The standard InChI is InChI=1S/C17H20ClNO/c1-19-11-15(16-9-5-6-10-17(16)18)13-20-12-14-7-3-2-4-8-14/h2-10,15,19H,11-13H2,1H3. The van der Waals surface area contributed by atoms with Gasteiger partial charge in [0, 0.05) is 17.5 Å². The van der Waals surface area contributed by atoms with Crippen LogP contribution in [0.5, 0.6) is 0 Å². The van der Waals surface area contributed by atoms with Crippen molar-refractivity contribution in [3.05, 3.63) is 70.7 Å². The highest BCUT2D eigenvalue weighted by Gasteiger charge is 2.14. The van der Waals surface area contributed by atoms with Gasteiger partial charge in [-0.15, -0.1) is 0 Å². The minimum absolute atomic E-state index is 0.261. The van der Waals surface area contributed by atoms with Gasteiger partial charge in [-0.3, -0.25) is 0 Å². The molecule has 0 aliphatic heterocycles. The van der Waals surface area contributed by atoms with Crippen LogP contribution in [-0.2, 0) is 11.3 Å². The molecule has 0 saturated carbocycles. The number of halogens is 1.